The van der Waals surface area contributed by atoms with Gasteiger partial charge in [0, 0.05) is 6.04 Å². The monoisotopic (exact) mass is 239 g/mol. The average molecular weight is 239 g/mol. The molecule has 0 spiro atoms. The molecular formula is C13H18FNO2. The molecule has 3 nitrogen and oxygen atoms in total. The third-order valence-corrected chi connectivity index (χ3v) is 2.76. The molecule has 94 valence electrons. The first-order valence-corrected chi connectivity index (χ1v) is 5.60. The van der Waals surface area contributed by atoms with Crippen molar-refractivity contribution in [1.82, 2.24) is 5.32 Å². The predicted octanol–water partition coefficient (Wildman–Crippen LogP) is 2.61. The molecule has 0 aromatic heterocycles. The van der Waals surface area contributed by atoms with Crippen molar-refractivity contribution in [1.29, 1.82) is 0 Å². The molecule has 0 radical (unpaired) electrons. The lowest BCUT2D eigenvalue weighted by Gasteiger charge is -2.18. The molecule has 1 aromatic rings. The molecule has 1 unspecified atom stereocenters. The Morgan fingerprint density at radius 1 is 1.35 bits per heavy atom. The van der Waals surface area contributed by atoms with Crippen LogP contribution in [0.2, 0.25) is 0 Å². The van der Waals surface area contributed by atoms with Gasteiger partial charge in [0.05, 0.1) is 12.7 Å². The first kappa shape index (κ1) is 13.5. The minimum atomic E-state index is -0.451. The Balaban J connectivity index is 2.91. The van der Waals surface area contributed by atoms with Gasteiger partial charge in [-0.15, -0.1) is 0 Å². The molecule has 0 aliphatic carbocycles. The van der Waals surface area contributed by atoms with Gasteiger partial charge in [0.15, 0.2) is 0 Å². The highest BCUT2D eigenvalue weighted by atomic mass is 19.1. The normalized spacial score (nSPS) is 12.4. The van der Waals surface area contributed by atoms with E-state index in [0.717, 1.165) is 0 Å². The molecule has 1 N–H and O–H groups in total. The van der Waals surface area contributed by atoms with Gasteiger partial charge >= 0.3 is 0 Å². The zero-order valence-electron chi connectivity index (χ0n) is 10.6. The van der Waals surface area contributed by atoms with Crippen LogP contribution < -0.4 is 10.1 Å². The summed E-state index contributed by atoms with van der Waals surface area (Å²) in [6, 6.07) is 3.92. The van der Waals surface area contributed by atoms with Gasteiger partial charge in [-0.2, -0.15) is 0 Å². The van der Waals surface area contributed by atoms with Gasteiger partial charge < -0.3 is 10.1 Å². The van der Waals surface area contributed by atoms with Gasteiger partial charge in [0.25, 0.3) is 5.91 Å². The highest BCUT2D eigenvalue weighted by molar-refractivity contribution is 5.97. The van der Waals surface area contributed by atoms with Crippen LogP contribution in [-0.4, -0.2) is 19.1 Å². The number of benzene rings is 1. The second kappa shape index (κ2) is 5.66. The Kier molecular flexibility index (Phi) is 4.49. The number of methoxy groups -OCH3 is 1. The molecule has 0 aliphatic rings. The van der Waals surface area contributed by atoms with Crippen molar-refractivity contribution in [2.24, 2.45) is 5.92 Å². The SMILES string of the molecule is COc1ccc(F)cc1C(=O)NC(C)C(C)C. The zero-order chi connectivity index (χ0) is 13.0. The van der Waals surface area contributed by atoms with Gasteiger partial charge in [-0.05, 0) is 31.0 Å². The van der Waals surface area contributed by atoms with Crippen molar-refractivity contribution in [3.63, 3.8) is 0 Å². The summed E-state index contributed by atoms with van der Waals surface area (Å²) in [4.78, 5) is 11.9. The molecule has 17 heavy (non-hydrogen) atoms. The number of hydrogen-bond acceptors (Lipinski definition) is 2. The van der Waals surface area contributed by atoms with Crippen molar-refractivity contribution >= 4 is 5.91 Å². The Labute approximate surface area is 101 Å². The van der Waals surface area contributed by atoms with Crippen molar-refractivity contribution in [3.05, 3.63) is 29.6 Å². The van der Waals surface area contributed by atoms with E-state index in [1.54, 1.807) is 0 Å². The number of amides is 1. The van der Waals surface area contributed by atoms with Crippen LogP contribution in [0.15, 0.2) is 18.2 Å². The second-order valence-electron chi connectivity index (χ2n) is 4.35. The van der Waals surface area contributed by atoms with Crippen LogP contribution in [0.25, 0.3) is 0 Å². The number of ether oxygens (including phenoxy) is 1. The number of hydrogen-bond donors (Lipinski definition) is 1. The minimum Gasteiger partial charge on any atom is -0.496 e. The summed E-state index contributed by atoms with van der Waals surface area (Å²) >= 11 is 0. The van der Waals surface area contributed by atoms with E-state index in [2.05, 4.69) is 5.32 Å². The van der Waals surface area contributed by atoms with Crippen molar-refractivity contribution < 1.29 is 13.9 Å². The number of carbonyl (C=O) groups excluding carboxylic acids is 1. The lowest BCUT2D eigenvalue weighted by Crippen LogP contribution is -2.36. The quantitative estimate of drug-likeness (QED) is 0.877. The van der Waals surface area contributed by atoms with Crippen LogP contribution in [0.1, 0.15) is 31.1 Å². The third kappa shape index (κ3) is 3.44. The van der Waals surface area contributed by atoms with Crippen LogP contribution in [0.5, 0.6) is 5.75 Å². The van der Waals surface area contributed by atoms with E-state index in [9.17, 15) is 9.18 Å². The van der Waals surface area contributed by atoms with Crippen LogP contribution in [0, 0.1) is 11.7 Å². The minimum absolute atomic E-state index is 0.0236. The molecule has 1 amide bonds. The molecule has 1 atom stereocenters. The van der Waals surface area contributed by atoms with Crippen LogP contribution in [0.3, 0.4) is 0 Å². The largest absolute Gasteiger partial charge is 0.496 e. The lowest BCUT2D eigenvalue weighted by atomic mass is 10.1. The fraction of sp³-hybridized carbons (Fsp3) is 0.462. The van der Waals surface area contributed by atoms with Crippen LogP contribution in [-0.2, 0) is 0 Å². The maximum atomic E-state index is 13.1. The summed E-state index contributed by atoms with van der Waals surface area (Å²) in [5.41, 5.74) is 0.222. The molecule has 0 saturated carbocycles. The topological polar surface area (TPSA) is 38.3 Å². The van der Waals surface area contributed by atoms with E-state index in [1.165, 1.54) is 25.3 Å². The summed E-state index contributed by atoms with van der Waals surface area (Å²) in [5, 5.41) is 2.81. The summed E-state index contributed by atoms with van der Waals surface area (Å²) < 4.78 is 18.1. The first-order chi connectivity index (χ1) is 7.95. The molecule has 0 bridgehead atoms. The number of halogens is 1. The number of nitrogens with one attached hydrogen (secondary N) is 1. The second-order valence-corrected chi connectivity index (χ2v) is 4.35. The summed E-state index contributed by atoms with van der Waals surface area (Å²) in [6.07, 6.45) is 0. The highest BCUT2D eigenvalue weighted by Crippen LogP contribution is 2.19. The van der Waals surface area contributed by atoms with E-state index in [0.29, 0.717) is 11.7 Å². The fourth-order valence-electron chi connectivity index (χ4n) is 1.31. The van der Waals surface area contributed by atoms with Crippen LogP contribution >= 0.6 is 0 Å². The molecule has 0 heterocycles. The Bertz CT molecular complexity index is 404. The molecule has 1 rings (SSSR count). The van der Waals surface area contributed by atoms with E-state index < -0.39 is 5.82 Å². The summed E-state index contributed by atoms with van der Waals surface area (Å²) in [6.45, 7) is 5.93. The number of rotatable bonds is 4. The average Bonchev–Trinajstić information content (AvgIpc) is 2.28. The maximum Gasteiger partial charge on any atom is 0.255 e. The van der Waals surface area contributed by atoms with Gasteiger partial charge in [0.1, 0.15) is 11.6 Å². The predicted molar refractivity (Wildman–Crippen MR) is 64.7 cm³/mol. The van der Waals surface area contributed by atoms with Crippen molar-refractivity contribution in [2.45, 2.75) is 26.8 Å². The van der Waals surface area contributed by atoms with E-state index in [-0.39, 0.29) is 17.5 Å². The smallest absolute Gasteiger partial charge is 0.255 e. The van der Waals surface area contributed by atoms with Crippen molar-refractivity contribution in [3.8, 4) is 5.75 Å². The Morgan fingerprint density at radius 3 is 2.53 bits per heavy atom. The Hall–Kier alpha value is -1.58. The van der Waals surface area contributed by atoms with Gasteiger partial charge in [0.2, 0.25) is 0 Å². The van der Waals surface area contributed by atoms with E-state index in [1.807, 2.05) is 20.8 Å². The molecule has 0 saturated heterocycles. The van der Waals surface area contributed by atoms with E-state index in [4.69, 9.17) is 4.74 Å². The fourth-order valence-corrected chi connectivity index (χ4v) is 1.31. The molecule has 0 aliphatic heterocycles. The Morgan fingerprint density at radius 2 is 2.00 bits per heavy atom. The molecule has 4 heteroatoms. The molecular weight excluding hydrogens is 221 g/mol. The van der Waals surface area contributed by atoms with Gasteiger partial charge in [-0.3, -0.25) is 4.79 Å². The first-order valence-electron chi connectivity index (χ1n) is 5.60. The highest BCUT2D eigenvalue weighted by Gasteiger charge is 2.16. The standard InChI is InChI=1S/C13H18FNO2/c1-8(2)9(3)15-13(16)11-7-10(14)5-6-12(11)17-4/h5-9H,1-4H3,(H,15,16). The third-order valence-electron chi connectivity index (χ3n) is 2.76. The van der Waals surface area contributed by atoms with Gasteiger partial charge in [-0.25, -0.2) is 4.39 Å². The zero-order valence-corrected chi connectivity index (χ0v) is 10.6. The lowest BCUT2D eigenvalue weighted by molar-refractivity contribution is 0.0927. The van der Waals surface area contributed by atoms with Crippen molar-refractivity contribution in [2.75, 3.05) is 7.11 Å². The number of carbonyl (C=O) groups is 1. The summed E-state index contributed by atoms with van der Waals surface area (Å²) in [7, 11) is 1.45. The van der Waals surface area contributed by atoms with Crippen LogP contribution in [0.4, 0.5) is 4.39 Å². The summed E-state index contributed by atoms with van der Waals surface area (Å²) in [5.74, 6) is -0.0749. The van der Waals surface area contributed by atoms with E-state index >= 15 is 0 Å². The maximum absolute atomic E-state index is 13.1. The molecule has 0 fully saturated rings. The van der Waals surface area contributed by atoms with Gasteiger partial charge in [-0.1, -0.05) is 13.8 Å². The molecule has 1 aromatic carbocycles.